The molecule has 2 aliphatic heterocycles. The Morgan fingerprint density at radius 3 is 3.27 bits per heavy atom. The highest BCUT2D eigenvalue weighted by atomic mass is 16.2. The predicted molar refractivity (Wildman–Crippen MR) is 43.1 cm³/mol. The highest BCUT2D eigenvalue weighted by molar-refractivity contribution is 5.80. The van der Waals surface area contributed by atoms with Gasteiger partial charge in [-0.2, -0.15) is 0 Å². The zero-order valence-corrected chi connectivity index (χ0v) is 6.62. The summed E-state index contributed by atoms with van der Waals surface area (Å²) in [4.78, 5) is 13.5. The van der Waals surface area contributed by atoms with Crippen molar-refractivity contribution in [1.82, 2.24) is 4.90 Å². The van der Waals surface area contributed by atoms with E-state index in [1.807, 2.05) is 4.90 Å². The van der Waals surface area contributed by atoms with Gasteiger partial charge in [-0.1, -0.05) is 12.2 Å². The number of allylic oxidation sites excluding steroid dienone is 1. The lowest BCUT2D eigenvalue weighted by Gasteiger charge is -2.29. The molecular formula is C9H13NO. The molecule has 1 atom stereocenters. The summed E-state index contributed by atoms with van der Waals surface area (Å²) in [5.74, 6) is 0.684. The monoisotopic (exact) mass is 151 g/mol. The summed E-state index contributed by atoms with van der Waals surface area (Å²) in [6.07, 6.45) is 7.52. The molecular weight excluding hydrogens is 138 g/mol. The Morgan fingerprint density at radius 2 is 2.36 bits per heavy atom. The quantitative estimate of drug-likeness (QED) is 0.476. The molecule has 0 radical (unpaired) electrons. The highest BCUT2D eigenvalue weighted by Gasteiger charge is 2.28. The van der Waals surface area contributed by atoms with Crippen molar-refractivity contribution < 1.29 is 4.79 Å². The van der Waals surface area contributed by atoms with Crippen molar-refractivity contribution in [3.05, 3.63) is 12.2 Å². The maximum Gasteiger partial charge on any atom is 0.226 e. The van der Waals surface area contributed by atoms with Crippen LogP contribution in [-0.4, -0.2) is 23.9 Å². The highest BCUT2D eigenvalue weighted by Crippen LogP contribution is 2.23. The Kier molecular flexibility index (Phi) is 1.68. The first-order valence-corrected chi connectivity index (χ1v) is 4.32. The standard InChI is InChI=1S/C9H13NO/c11-9-8-4-1-2-6-10(9)7-3-5-8/h1-2,8H,3-7H2. The van der Waals surface area contributed by atoms with Gasteiger partial charge in [-0.05, 0) is 19.3 Å². The van der Waals surface area contributed by atoms with E-state index in [9.17, 15) is 4.79 Å². The fraction of sp³-hybridized carbons (Fsp3) is 0.667. The van der Waals surface area contributed by atoms with E-state index in [2.05, 4.69) is 12.2 Å². The van der Waals surface area contributed by atoms with Gasteiger partial charge in [0.25, 0.3) is 0 Å². The fourth-order valence-corrected chi connectivity index (χ4v) is 1.88. The van der Waals surface area contributed by atoms with E-state index in [-0.39, 0.29) is 0 Å². The maximum atomic E-state index is 11.5. The van der Waals surface area contributed by atoms with Crippen LogP contribution >= 0.6 is 0 Å². The van der Waals surface area contributed by atoms with Gasteiger partial charge in [-0.25, -0.2) is 0 Å². The zero-order chi connectivity index (χ0) is 7.68. The molecule has 0 spiro atoms. The first-order valence-electron chi connectivity index (χ1n) is 4.32. The van der Waals surface area contributed by atoms with Crippen LogP contribution in [0.15, 0.2) is 12.2 Å². The van der Waals surface area contributed by atoms with Gasteiger partial charge in [0, 0.05) is 19.0 Å². The number of carbonyl (C=O) groups excluding carboxylic acids is 1. The van der Waals surface area contributed by atoms with Gasteiger partial charge in [-0.15, -0.1) is 0 Å². The third-order valence-electron chi connectivity index (χ3n) is 2.55. The predicted octanol–water partition coefficient (Wildman–Crippen LogP) is 1.18. The van der Waals surface area contributed by atoms with Crippen LogP contribution in [0, 0.1) is 5.92 Å². The summed E-state index contributed by atoms with van der Waals surface area (Å²) in [5.41, 5.74) is 0. The van der Waals surface area contributed by atoms with E-state index in [4.69, 9.17) is 0 Å². The summed E-state index contributed by atoms with van der Waals surface area (Å²) in [5, 5.41) is 0. The van der Waals surface area contributed by atoms with Crippen LogP contribution in [0.4, 0.5) is 0 Å². The van der Waals surface area contributed by atoms with Gasteiger partial charge >= 0.3 is 0 Å². The van der Waals surface area contributed by atoms with Crippen LogP contribution in [0.1, 0.15) is 19.3 Å². The molecule has 1 amide bonds. The topological polar surface area (TPSA) is 20.3 Å². The molecule has 1 unspecified atom stereocenters. The van der Waals surface area contributed by atoms with Crippen LogP contribution < -0.4 is 0 Å². The average Bonchev–Trinajstić information content (AvgIpc) is 2.17. The van der Waals surface area contributed by atoms with Crippen molar-refractivity contribution in [2.24, 2.45) is 5.92 Å². The van der Waals surface area contributed by atoms with Crippen LogP contribution in [0.5, 0.6) is 0 Å². The number of carbonyl (C=O) groups is 1. The molecule has 11 heavy (non-hydrogen) atoms. The smallest absolute Gasteiger partial charge is 0.226 e. The fourth-order valence-electron chi connectivity index (χ4n) is 1.88. The number of hydrogen-bond acceptors (Lipinski definition) is 1. The third kappa shape index (κ3) is 1.17. The van der Waals surface area contributed by atoms with Gasteiger partial charge < -0.3 is 4.90 Å². The number of nitrogens with zero attached hydrogens (tertiary/aromatic N) is 1. The SMILES string of the molecule is O=C1C2CC=CCN1CCC2. The summed E-state index contributed by atoms with van der Waals surface area (Å²) in [6, 6.07) is 0. The van der Waals surface area contributed by atoms with E-state index in [0.29, 0.717) is 11.8 Å². The molecule has 0 aromatic rings. The van der Waals surface area contributed by atoms with Crippen molar-refractivity contribution in [3.8, 4) is 0 Å². The number of hydrogen-bond donors (Lipinski definition) is 0. The Hall–Kier alpha value is -0.790. The number of rotatable bonds is 0. The molecule has 0 N–H and O–H groups in total. The lowest BCUT2D eigenvalue weighted by Crippen LogP contribution is -2.39. The Labute approximate surface area is 66.9 Å². The molecule has 0 saturated carbocycles. The first kappa shape index (κ1) is 6.89. The van der Waals surface area contributed by atoms with Gasteiger partial charge in [0.05, 0.1) is 0 Å². The average molecular weight is 151 g/mol. The van der Waals surface area contributed by atoms with E-state index >= 15 is 0 Å². The van der Waals surface area contributed by atoms with E-state index in [1.54, 1.807) is 0 Å². The minimum Gasteiger partial charge on any atom is -0.339 e. The molecule has 0 aliphatic carbocycles. The van der Waals surface area contributed by atoms with Gasteiger partial charge in [0.2, 0.25) is 5.91 Å². The normalized spacial score (nSPS) is 30.4. The molecule has 1 fully saturated rings. The lowest BCUT2D eigenvalue weighted by atomic mass is 9.95. The molecule has 2 nitrogen and oxygen atoms in total. The maximum absolute atomic E-state index is 11.5. The molecule has 1 saturated heterocycles. The Balaban J connectivity index is 2.18. The third-order valence-corrected chi connectivity index (χ3v) is 2.55. The number of piperidine rings is 1. The van der Waals surface area contributed by atoms with Crippen LogP contribution in [-0.2, 0) is 4.79 Å². The van der Waals surface area contributed by atoms with Crippen LogP contribution in [0.3, 0.4) is 0 Å². The van der Waals surface area contributed by atoms with Crippen molar-refractivity contribution in [3.63, 3.8) is 0 Å². The number of amides is 1. The molecule has 0 aromatic carbocycles. The lowest BCUT2D eigenvalue weighted by molar-refractivity contribution is -0.137. The molecule has 2 heteroatoms. The minimum atomic E-state index is 0.308. The Morgan fingerprint density at radius 1 is 1.45 bits per heavy atom. The van der Waals surface area contributed by atoms with Crippen molar-refractivity contribution in [1.29, 1.82) is 0 Å². The number of fused-ring (bicyclic) bond motifs is 2. The summed E-state index contributed by atoms with van der Waals surface area (Å²) < 4.78 is 0. The second-order valence-electron chi connectivity index (χ2n) is 3.33. The van der Waals surface area contributed by atoms with Crippen LogP contribution in [0.25, 0.3) is 0 Å². The molecule has 2 heterocycles. The molecule has 2 aliphatic rings. The van der Waals surface area contributed by atoms with Crippen molar-refractivity contribution in [2.75, 3.05) is 13.1 Å². The summed E-state index contributed by atoms with van der Waals surface area (Å²) in [6.45, 7) is 1.81. The zero-order valence-electron chi connectivity index (χ0n) is 6.62. The Bertz CT molecular complexity index is 180. The second kappa shape index (κ2) is 2.68. The summed E-state index contributed by atoms with van der Waals surface area (Å²) >= 11 is 0. The summed E-state index contributed by atoms with van der Waals surface area (Å²) in [7, 11) is 0. The largest absolute Gasteiger partial charge is 0.339 e. The molecule has 2 bridgehead atoms. The van der Waals surface area contributed by atoms with Gasteiger partial charge in [0.1, 0.15) is 0 Å². The van der Waals surface area contributed by atoms with E-state index in [1.165, 1.54) is 6.42 Å². The minimum absolute atomic E-state index is 0.308. The molecule has 60 valence electrons. The van der Waals surface area contributed by atoms with Gasteiger partial charge in [-0.3, -0.25) is 4.79 Å². The van der Waals surface area contributed by atoms with E-state index < -0.39 is 0 Å². The second-order valence-corrected chi connectivity index (χ2v) is 3.33. The van der Waals surface area contributed by atoms with Gasteiger partial charge in [0.15, 0.2) is 0 Å². The van der Waals surface area contributed by atoms with Crippen molar-refractivity contribution >= 4 is 5.91 Å². The van der Waals surface area contributed by atoms with E-state index in [0.717, 1.165) is 25.9 Å². The van der Waals surface area contributed by atoms with Crippen LogP contribution in [0.2, 0.25) is 0 Å². The first-order chi connectivity index (χ1) is 5.38. The van der Waals surface area contributed by atoms with Crippen molar-refractivity contribution in [2.45, 2.75) is 19.3 Å². The molecule has 2 rings (SSSR count). The molecule has 0 aromatic heterocycles.